The second kappa shape index (κ2) is 10.9. The minimum Gasteiger partial charge on any atom is -0.396 e. The number of carbonyl (C=O) groups excluding carboxylic acids is 1. The van der Waals surface area contributed by atoms with E-state index in [9.17, 15) is 18.3 Å². The fraction of sp³-hybridized carbons (Fsp3) is 0.407. The number of rotatable bonds is 9. The van der Waals surface area contributed by atoms with Gasteiger partial charge in [0.25, 0.3) is 0 Å². The largest absolute Gasteiger partial charge is 0.396 e. The number of aliphatic hydroxyl groups is 1. The van der Waals surface area contributed by atoms with Crippen LogP contribution in [0.1, 0.15) is 38.7 Å². The van der Waals surface area contributed by atoms with Crippen molar-refractivity contribution in [1.82, 2.24) is 9.21 Å². The molecular formula is C27H34N4O4S. The van der Waals surface area contributed by atoms with Gasteiger partial charge in [0.2, 0.25) is 15.9 Å². The molecular weight excluding hydrogens is 476 g/mol. The summed E-state index contributed by atoms with van der Waals surface area (Å²) in [6.07, 6.45) is 3.92. The molecule has 1 saturated heterocycles. The zero-order chi connectivity index (χ0) is 25.9. The van der Waals surface area contributed by atoms with Crippen molar-refractivity contribution < 1.29 is 18.3 Å². The topological polar surface area (TPSA) is 116 Å². The van der Waals surface area contributed by atoms with Crippen molar-refractivity contribution in [3.05, 3.63) is 53.6 Å². The summed E-state index contributed by atoms with van der Waals surface area (Å²) in [6.45, 7) is 6.16. The minimum absolute atomic E-state index is 0.00305. The Balaban J connectivity index is 1.64. The number of nitrogens with zero attached hydrogens (tertiary/aromatic N) is 3. The molecule has 36 heavy (non-hydrogen) atoms. The van der Waals surface area contributed by atoms with E-state index in [4.69, 9.17) is 5.73 Å². The fourth-order valence-electron chi connectivity index (χ4n) is 4.58. The highest BCUT2D eigenvalue weighted by Crippen LogP contribution is 2.34. The first kappa shape index (κ1) is 26.1. The average Bonchev–Trinajstić information content (AvgIpc) is 3.00. The summed E-state index contributed by atoms with van der Waals surface area (Å²) in [4.78, 5) is 19.9. The van der Waals surface area contributed by atoms with Gasteiger partial charge in [0.15, 0.2) is 0 Å². The number of aliphatic imine (C=N–C) groups is 1. The monoisotopic (exact) mass is 510 g/mol. The van der Waals surface area contributed by atoms with Crippen LogP contribution in [0.25, 0.3) is 17.2 Å². The lowest BCUT2D eigenvalue weighted by Gasteiger charge is -2.36. The van der Waals surface area contributed by atoms with Crippen molar-refractivity contribution in [1.29, 1.82) is 0 Å². The molecule has 192 valence electrons. The zero-order valence-corrected chi connectivity index (χ0v) is 21.7. The van der Waals surface area contributed by atoms with Gasteiger partial charge in [-0.3, -0.25) is 4.79 Å². The van der Waals surface area contributed by atoms with E-state index in [0.717, 1.165) is 29.5 Å². The molecule has 2 aliphatic heterocycles. The lowest BCUT2D eigenvalue weighted by Crippen LogP contribution is -2.51. The summed E-state index contributed by atoms with van der Waals surface area (Å²) in [6, 6.07) is 12.5. The van der Waals surface area contributed by atoms with Gasteiger partial charge < -0.3 is 15.7 Å². The van der Waals surface area contributed by atoms with Crippen LogP contribution < -0.4 is 5.73 Å². The third-order valence-corrected chi connectivity index (χ3v) is 8.36. The number of nitrogens with two attached hydrogens (primary N) is 1. The Morgan fingerprint density at radius 3 is 2.47 bits per heavy atom. The Morgan fingerprint density at radius 2 is 1.81 bits per heavy atom. The highest BCUT2D eigenvalue weighted by molar-refractivity contribution is 7.89. The van der Waals surface area contributed by atoms with Crippen LogP contribution in [0.5, 0.6) is 0 Å². The van der Waals surface area contributed by atoms with E-state index in [2.05, 4.69) is 18.8 Å². The fourth-order valence-corrected chi connectivity index (χ4v) is 6.22. The molecule has 9 heteroatoms. The van der Waals surface area contributed by atoms with E-state index in [-0.39, 0.29) is 29.7 Å². The number of fused-ring (bicyclic) bond motifs is 1. The molecule has 8 nitrogen and oxygen atoms in total. The minimum atomic E-state index is -3.62. The van der Waals surface area contributed by atoms with Gasteiger partial charge in [-0.05, 0) is 48.2 Å². The molecule has 1 fully saturated rings. The SMILES string of the molecule is CCCN(CCC)C(=O)C1=Cc2ccc(-c3cccc(S(=O)(=O)N4CC(CO)C4)c3)cc2N=C(N)C1. The lowest BCUT2D eigenvalue weighted by molar-refractivity contribution is -0.127. The molecule has 1 amide bonds. The third-order valence-electron chi connectivity index (χ3n) is 6.53. The van der Waals surface area contributed by atoms with Crippen LogP contribution in [-0.4, -0.2) is 67.3 Å². The maximum atomic E-state index is 13.2. The summed E-state index contributed by atoms with van der Waals surface area (Å²) >= 11 is 0. The summed E-state index contributed by atoms with van der Waals surface area (Å²) in [5.74, 6) is 0.351. The second-order valence-electron chi connectivity index (χ2n) is 9.41. The van der Waals surface area contributed by atoms with Crippen LogP contribution in [0.2, 0.25) is 0 Å². The zero-order valence-electron chi connectivity index (χ0n) is 20.9. The van der Waals surface area contributed by atoms with Gasteiger partial charge in [-0.15, -0.1) is 0 Å². The number of hydrogen-bond acceptors (Lipinski definition) is 6. The molecule has 0 aromatic heterocycles. The van der Waals surface area contributed by atoms with Crippen molar-refractivity contribution in [3.8, 4) is 11.1 Å². The normalized spacial score (nSPS) is 16.4. The van der Waals surface area contributed by atoms with Crippen LogP contribution in [0.3, 0.4) is 0 Å². The van der Waals surface area contributed by atoms with E-state index in [1.807, 2.05) is 35.2 Å². The molecule has 0 aliphatic carbocycles. The molecule has 0 saturated carbocycles. The van der Waals surface area contributed by atoms with E-state index in [1.54, 1.807) is 18.2 Å². The lowest BCUT2D eigenvalue weighted by atomic mass is 10.0. The van der Waals surface area contributed by atoms with Crippen molar-refractivity contribution in [2.75, 3.05) is 32.8 Å². The van der Waals surface area contributed by atoms with Gasteiger partial charge in [0, 0.05) is 56.3 Å². The molecule has 4 rings (SSSR count). The van der Waals surface area contributed by atoms with E-state index in [0.29, 0.717) is 43.3 Å². The number of aliphatic hydroxyl groups excluding tert-OH is 1. The number of amides is 1. The number of hydrogen-bond donors (Lipinski definition) is 2. The average molecular weight is 511 g/mol. The van der Waals surface area contributed by atoms with Crippen LogP contribution in [-0.2, 0) is 14.8 Å². The molecule has 0 atom stereocenters. The number of benzene rings is 2. The first-order valence-corrected chi connectivity index (χ1v) is 13.9. The van der Waals surface area contributed by atoms with Gasteiger partial charge in [0.1, 0.15) is 5.84 Å². The van der Waals surface area contributed by atoms with Gasteiger partial charge in [-0.1, -0.05) is 38.1 Å². The summed E-state index contributed by atoms with van der Waals surface area (Å²) in [5.41, 5.74) is 9.82. The maximum absolute atomic E-state index is 13.2. The predicted octanol–water partition coefficient (Wildman–Crippen LogP) is 3.39. The van der Waals surface area contributed by atoms with Crippen LogP contribution in [0.15, 0.2) is 57.9 Å². The molecule has 2 aromatic carbocycles. The Labute approximate surface area is 213 Å². The Kier molecular flexibility index (Phi) is 7.92. The van der Waals surface area contributed by atoms with Crippen LogP contribution >= 0.6 is 0 Å². The second-order valence-corrected chi connectivity index (χ2v) is 11.4. The summed E-state index contributed by atoms with van der Waals surface area (Å²) in [5, 5.41) is 9.22. The number of carbonyl (C=O) groups is 1. The molecule has 0 radical (unpaired) electrons. The van der Waals surface area contributed by atoms with E-state index >= 15 is 0 Å². The van der Waals surface area contributed by atoms with Gasteiger partial charge in [-0.2, -0.15) is 4.31 Å². The molecule has 0 bridgehead atoms. The quantitative estimate of drug-likeness (QED) is 0.536. The van der Waals surface area contributed by atoms with Crippen molar-refractivity contribution in [2.45, 2.75) is 38.0 Å². The van der Waals surface area contributed by atoms with Gasteiger partial charge in [0.05, 0.1) is 10.6 Å². The van der Waals surface area contributed by atoms with E-state index in [1.165, 1.54) is 4.31 Å². The first-order valence-electron chi connectivity index (χ1n) is 12.4. The Hall–Kier alpha value is -3.01. The van der Waals surface area contributed by atoms with Crippen molar-refractivity contribution >= 4 is 33.5 Å². The Bertz CT molecular complexity index is 1290. The molecule has 0 spiro atoms. The number of sulfonamides is 1. The first-order chi connectivity index (χ1) is 17.3. The maximum Gasteiger partial charge on any atom is 0.250 e. The van der Waals surface area contributed by atoms with E-state index < -0.39 is 10.0 Å². The van der Waals surface area contributed by atoms with Gasteiger partial charge in [-0.25, -0.2) is 13.4 Å². The molecule has 2 aromatic rings. The summed E-state index contributed by atoms with van der Waals surface area (Å²) < 4.78 is 27.4. The highest BCUT2D eigenvalue weighted by atomic mass is 32.2. The van der Waals surface area contributed by atoms with Gasteiger partial charge >= 0.3 is 0 Å². The molecule has 0 unspecified atom stereocenters. The van der Waals surface area contributed by atoms with Crippen LogP contribution in [0.4, 0.5) is 5.69 Å². The van der Waals surface area contributed by atoms with Crippen molar-refractivity contribution in [3.63, 3.8) is 0 Å². The Morgan fingerprint density at radius 1 is 1.11 bits per heavy atom. The highest BCUT2D eigenvalue weighted by Gasteiger charge is 2.36. The third kappa shape index (κ3) is 5.38. The summed E-state index contributed by atoms with van der Waals surface area (Å²) in [7, 11) is -3.62. The molecule has 2 aliphatic rings. The smallest absolute Gasteiger partial charge is 0.250 e. The molecule has 3 N–H and O–H groups in total. The van der Waals surface area contributed by atoms with Crippen molar-refractivity contribution in [2.24, 2.45) is 16.6 Å². The number of amidine groups is 1. The predicted molar refractivity (Wildman–Crippen MR) is 142 cm³/mol. The standard InChI is InChI=1S/C27H34N4O4S/c1-3-10-30(11-4-2)27(33)23-12-22-9-8-21(14-25(22)29-26(28)15-23)20-6-5-7-24(13-20)36(34,35)31-16-19(17-31)18-32/h5-9,12-14,19,32H,3-4,10-11,15-18H2,1-2H3,(H2,28,29). The molecule has 2 heterocycles. The van der Waals surface area contributed by atoms with Crippen LogP contribution in [0, 0.1) is 5.92 Å².